The van der Waals surface area contributed by atoms with Crippen molar-refractivity contribution in [1.29, 1.82) is 0 Å². The minimum Gasteiger partial charge on any atom is -0.399 e. The molecule has 0 aliphatic rings. The minimum absolute atomic E-state index is 0.0763. The van der Waals surface area contributed by atoms with E-state index in [1.807, 2.05) is 31.2 Å². The van der Waals surface area contributed by atoms with E-state index in [0.29, 0.717) is 30.8 Å². The summed E-state index contributed by atoms with van der Waals surface area (Å²) in [6.07, 6.45) is 2.59. The molecule has 0 spiro atoms. The first kappa shape index (κ1) is 14.8. The van der Waals surface area contributed by atoms with Crippen LogP contribution in [0.3, 0.4) is 0 Å². The summed E-state index contributed by atoms with van der Waals surface area (Å²) in [7, 11) is 0. The van der Waals surface area contributed by atoms with Gasteiger partial charge in [-0.1, -0.05) is 18.2 Å². The number of amides is 1. The number of para-hydroxylation sites is 1. The fourth-order valence-electron chi connectivity index (χ4n) is 2.09. The number of carbonyl (C=O) groups is 1. The maximum Gasteiger partial charge on any atom is 0.250 e. The van der Waals surface area contributed by atoms with Crippen LogP contribution in [0, 0.1) is 0 Å². The fourth-order valence-corrected chi connectivity index (χ4v) is 2.09. The highest BCUT2D eigenvalue weighted by Gasteiger charge is 2.06. The van der Waals surface area contributed by atoms with Crippen LogP contribution >= 0.6 is 0 Å². The third kappa shape index (κ3) is 3.95. The number of benzene rings is 1. The van der Waals surface area contributed by atoms with E-state index >= 15 is 0 Å². The van der Waals surface area contributed by atoms with Crippen molar-refractivity contribution in [3.63, 3.8) is 0 Å². The van der Waals surface area contributed by atoms with Crippen molar-refractivity contribution in [3.8, 4) is 0 Å². The monoisotopic (exact) mass is 285 g/mol. The Hall–Kier alpha value is -2.56. The molecule has 3 N–H and O–H groups in total. The first-order valence-electron chi connectivity index (χ1n) is 6.94. The van der Waals surface area contributed by atoms with E-state index in [1.165, 1.54) is 6.07 Å². The summed E-state index contributed by atoms with van der Waals surface area (Å²) in [6, 6.07) is 10.6. The van der Waals surface area contributed by atoms with Crippen molar-refractivity contribution in [3.05, 3.63) is 58.5 Å². The Kier molecular flexibility index (Phi) is 4.77. The number of nitrogens with zero attached hydrogens (tertiary/aromatic N) is 1. The van der Waals surface area contributed by atoms with Gasteiger partial charge in [-0.05, 0) is 31.0 Å². The molecule has 1 aromatic carbocycles. The van der Waals surface area contributed by atoms with E-state index in [9.17, 15) is 9.59 Å². The maximum atomic E-state index is 11.9. The number of nitrogens with one attached hydrogen (secondary N) is 1. The highest BCUT2D eigenvalue weighted by Crippen LogP contribution is 2.13. The molecule has 0 saturated heterocycles. The van der Waals surface area contributed by atoms with Gasteiger partial charge in [0.05, 0.1) is 5.69 Å². The molecule has 2 rings (SSSR count). The molecule has 2 aromatic rings. The number of anilines is 2. The lowest BCUT2D eigenvalue weighted by Gasteiger charge is -2.08. The topological polar surface area (TPSA) is 77.1 Å². The number of aryl methyl sites for hydroxylation is 2. The fraction of sp³-hybridized carbons (Fsp3) is 0.250. The summed E-state index contributed by atoms with van der Waals surface area (Å²) in [4.78, 5) is 23.4. The Morgan fingerprint density at radius 3 is 2.71 bits per heavy atom. The second-order valence-electron chi connectivity index (χ2n) is 4.79. The quantitative estimate of drug-likeness (QED) is 0.825. The van der Waals surface area contributed by atoms with Gasteiger partial charge in [0.2, 0.25) is 5.91 Å². The lowest BCUT2D eigenvalue weighted by molar-refractivity contribution is -0.116. The van der Waals surface area contributed by atoms with Gasteiger partial charge in [0.1, 0.15) is 0 Å². The van der Waals surface area contributed by atoms with Crippen LogP contribution in [0.15, 0.2) is 47.4 Å². The van der Waals surface area contributed by atoms with Crippen LogP contribution < -0.4 is 16.6 Å². The molecule has 21 heavy (non-hydrogen) atoms. The van der Waals surface area contributed by atoms with E-state index in [1.54, 1.807) is 16.8 Å². The summed E-state index contributed by atoms with van der Waals surface area (Å²) in [6.45, 7) is 2.45. The van der Waals surface area contributed by atoms with Crippen LogP contribution in [-0.2, 0) is 17.8 Å². The molecule has 0 aliphatic carbocycles. The van der Waals surface area contributed by atoms with Gasteiger partial charge >= 0.3 is 0 Å². The molecule has 0 radical (unpaired) electrons. The zero-order valence-electron chi connectivity index (χ0n) is 12.0. The number of pyridine rings is 1. The average Bonchev–Trinajstić information content (AvgIpc) is 2.48. The Balaban J connectivity index is 1.96. The summed E-state index contributed by atoms with van der Waals surface area (Å²) < 4.78 is 1.55. The third-order valence-electron chi connectivity index (χ3n) is 3.28. The Labute approximate surface area is 123 Å². The number of rotatable bonds is 5. The third-order valence-corrected chi connectivity index (χ3v) is 3.28. The molecule has 0 fully saturated rings. The van der Waals surface area contributed by atoms with Gasteiger partial charge in [-0.3, -0.25) is 9.59 Å². The number of aromatic nitrogens is 1. The van der Waals surface area contributed by atoms with E-state index in [4.69, 9.17) is 5.73 Å². The molecule has 0 saturated carbocycles. The van der Waals surface area contributed by atoms with Crippen LogP contribution in [0.25, 0.3) is 0 Å². The van der Waals surface area contributed by atoms with Gasteiger partial charge < -0.3 is 15.6 Å². The number of hydrogen-bond acceptors (Lipinski definition) is 3. The molecule has 0 unspecified atom stereocenters. The van der Waals surface area contributed by atoms with Crippen molar-refractivity contribution in [2.24, 2.45) is 0 Å². The highest BCUT2D eigenvalue weighted by molar-refractivity contribution is 5.90. The molecule has 0 aliphatic heterocycles. The predicted molar refractivity (Wildman–Crippen MR) is 84.2 cm³/mol. The number of nitrogens with two attached hydrogens (primary N) is 1. The van der Waals surface area contributed by atoms with Crippen molar-refractivity contribution in [2.45, 2.75) is 26.3 Å². The molecule has 1 heterocycles. The first-order valence-corrected chi connectivity index (χ1v) is 6.94. The normalized spacial score (nSPS) is 10.3. The SMILES string of the molecule is CCn1cc(NC(=O)CCc2ccccc2N)ccc1=O. The molecular weight excluding hydrogens is 266 g/mol. The van der Waals surface area contributed by atoms with E-state index in [-0.39, 0.29) is 11.5 Å². The zero-order chi connectivity index (χ0) is 15.2. The molecule has 5 heteroatoms. The smallest absolute Gasteiger partial charge is 0.250 e. The van der Waals surface area contributed by atoms with Crippen molar-refractivity contribution < 1.29 is 4.79 Å². The van der Waals surface area contributed by atoms with Crippen LogP contribution in [0.1, 0.15) is 18.9 Å². The van der Waals surface area contributed by atoms with Gasteiger partial charge in [-0.25, -0.2) is 0 Å². The van der Waals surface area contributed by atoms with E-state index in [2.05, 4.69) is 5.32 Å². The van der Waals surface area contributed by atoms with Crippen molar-refractivity contribution in [2.75, 3.05) is 11.1 Å². The second-order valence-corrected chi connectivity index (χ2v) is 4.79. The van der Waals surface area contributed by atoms with Crippen LogP contribution in [0.5, 0.6) is 0 Å². The molecule has 0 bridgehead atoms. The average molecular weight is 285 g/mol. The standard InChI is InChI=1S/C16H19N3O2/c1-2-19-11-13(8-10-16(19)21)18-15(20)9-7-12-5-3-4-6-14(12)17/h3-6,8,10-11H,2,7,9,17H2,1H3,(H,18,20). The van der Waals surface area contributed by atoms with Crippen LogP contribution in [0.2, 0.25) is 0 Å². The second kappa shape index (κ2) is 6.74. The molecule has 110 valence electrons. The highest BCUT2D eigenvalue weighted by atomic mass is 16.1. The largest absolute Gasteiger partial charge is 0.399 e. The Morgan fingerprint density at radius 1 is 1.24 bits per heavy atom. The zero-order valence-corrected chi connectivity index (χ0v) is 12.0. The molecule has 1 amide bonds. The van der Waals surface area contributed by atoms with E-state index < -0.39 is 0 Å². The Bertz CT molecular complexity index is 692. The number of nitrogen functional groups attached to an aromatic ring is 1. The summed E-state index contributed by atoms with van der Waals surface area (Å²) in [5, 5.41) is 2.79. The van der Waals surface area contributed by atoms with Gasteiger partial charge in [0.15, 0.2) is 0 Å². The number of hydrogen-bond donors (Lipinski definition) is 2. The van der Waals surface area contributed by atoms with Crippen LogP contribution in [0.4, 0.5) is 11.4 Å². The maximum absolute atomic E-state index is 11.9. The van der Waals surface area contributed by atoms with E-state index in [0.717, 1.165) is 5.56 Å². The van der Waals surface area contributed by atoms with Gasteiger partial charge in [0, 0.05) is 30.9 Å². The van der Waals surface area contributed by atoms with Gasteiger partial charge in [0.25, 0.3) is 5.56 Å². The van der Waals surface area contributed by atoms with Crippen molar-refractivity contribution in [1.82, 2.24) is 4.57 Å². The molecular formula is C16H19N3O2. The summed E-state index contributed by atoms with van der Waals surface area (Å²) in [5.41, 5.74) is 8.06. The molecule has 5 nitrogen and oxygen atoms in total. The lowest BCUT2D eigenvalue weighted by Crippen LogP contribution is -2.20. The van der Waals surface area contributed by atoms with Crippen LogP contribution in [-0.4, -0.2) is 10.5 Å². The van der Waals surface area contributed by atoms with Gasteiger partial charge in [-0.15, -0.1) is 0 Å². The molecule has 0 atom stereocenters. The summed E-state index contributed by atoms with van der Waals surface area (Å²) >= 11 is 0. The lowest BCUT2D eigenvalue weighted by atomic mass is 10.1. The first-order chi connectivity index (χ1) is 10.1. The number of carbonyl (C=O) groups excluding carboxylic acids is 1. The van der Waals surface area contributed by atoms with Gasteiger partial charge in [-0.2, -0.15) is 0 Å². The predicted octanol–water partition coefficient (Wildman–Crippen LogP) is 2.02. The molecule has 1 aromatic heterocycles. The Morgan fingerprint density at radius 2 is 2.00 bits per heavy atom. The van der Waals surface area contributed by atoms with Crippen molar-refractivity contribution >= 4 is 17.3 Å². The minimum atomic E-state index is -0.0976. The summed E-state index contributed by atoms with van der Waals surface area (Å²) in [5.74, 6) is -0.0976.